The van der Waals surface area contributed by atoms with Gasteiger partial charge in [-0.05, 0) is 55.4 Å². The van der Waals surface area contributed by atoms with Gasteiger partial charge in [-0.1, -0.05) is 29.3 Å². The molecule has 0 aliphatic carbocycles. The van der Waals surface area contributed by atoms with Crippen molar-refractivity contribution in [3.8, 4) is 11.5 Å². The van der Waals surface area contributed by atoms with Gasteiger partial charge in [0.25, 0.3) is 0 Å². The second-order valence-corrected chi connectivity index (χ2v) is 7.17. The molecule has 0 fully saturated rings. The minimum atomic E-state index is 0.0344. The Morgan fingerprint density at radius 3 is 2.58 bits per heavy atom. The lowest BCUT2D eigenvalue weighted by Gasteiger charge is -2.28. The lowest BCUT2D eigenvalue weighted by Crippen LogP contribution is -2.27. The second kappa shape index (κ2) is 6.32. The zero-order valence-electron chi connectivity index (χ0n) is 13.4. The van der Waals surface area contributed by atoms with Crippen molar-refractivity contribution in [1.29, 1.82) is 0 Å². The van der Waals surface area contributed by atoms with Crippen molar-refractivity contribution in [2.75, 3.05) is 25.5 Å². The molecular weight excluding hydrogens is 343 g/mol. The predicted molar refractivity (Wildman–Crippen MR) is 99.5 cm³/mol. The lowest BCUT2D eigenvalue weighted by molar-refractivity contribution is 0.355. The molecule has 5 heteroatoms. The number of anilines is 1. The maximum Gasteiger partial charge on any atom is 0.150 e. The van der Waals surface area contributed by atoms with Crippen molar-refractivity contribution in [1.82, 2.24) is 4.90 Å². The number of benzene rings is 2. The maximum atomic E-state index is 6.26. The van der Waals surface area contributed by atoms with Crippen LogP contribution < -0.4 is 10.1 Å². The van der Waals surface area contributed by atoms with Gasteiger partial charge in [0, 0.05) is 28.7 Å². The van der Waals surface area contributed by atoms with Crippen molar-refractivity contribution in [3.63, 3.8) is 0 Å². The van der Waals surface area contributed by atoms with Gasteiger partial charge in [0.2, 0.25) is 0 Å². The highest BCUT2D eigenvalue weighted by atomic mass is 35.5. The fourth-order valence-electron chi connectivity index (χ4n) is 3.23. The third kappa shape index (κ3) is 3.00. The van der Waals surface area contributed by atoms with Crippen molar-refractivity contribution < 1.29 is 4.74 Å². The molecule has 0 bridgehead atoms. The topological polar surface area (TPSA) is 24.5 Å². The first-order chi connectivity index (χ1) is 11.6. The molecule has 0 spiro atoms. The van der Waals surface area contributed by atoms with E-state index in [2.05, 4.69) is 23.3 Å². The quantitative estimate of drug-likeness (QED) is 0.678. The van der Waals surface area contributed by atoms with Gasteiger partial charge >= 0.3 is 0 Å². The lowest BCUT2D eigenvalue weighted by atomic mass is 9.93. The molecule has 0 radical (unpaired) electrons. The molecule has 2 aromatic rings. The van der Waals surface area contributed by atoms with Crippen molar-refractivity contribution in [2.24, 2.45) is 0 Å². The fourth-order valence-corrected chi connectivity index (χ4v) is 3.59. The maximum absolute atomic E-state index is 6.26. The summed E-state index contributed by atoms with van der Waals surface area (Å²) < 4.78 is 6.14. The number of likely N-dealkylation sites (N-methyl/N-ethyl adjacent to an activating group) is 1. The van der Waals surface area contributed by atoms with Crippen LogP contribution >= 0.6 is 23.2 Å². The minimum Gasteiger partial charge on any atom is -0.455 e. The van der Waals surface area contributed by atoms with Crippen molar-refractivity contribution in [3.05, 3.63) is 63.7 Å². The van der Waals surface area contributed by atoms with E-state index in [0.717, 1.165) is 42.3 Å². The molecule has 2 aromatic carbocycles. The van der Waals surface area contributed by atoms with Gasteiger partial charge in [0.05, 0.1) is 11.7 Å². The van der Waals surface area contributed by atoms with Crippen LogP contribution in [0.15, 0.2) is 48.0 Å². The highest BCUT2D eigenvalue weighted by Crippen LogP contribution is 2.45. The summed E-state index contributed by atoms with van der Waals surface area (Å²) in [4.78, 5) is 2.31. The van der Waals surface area contributed by atoms with Crippen LogP contribution in [0.2, 0.25) is 10.0 Å². The van der Waals surface area contributed by atoms with E-state index in [4.69, 9.17) is 27.9 Å². The SMILES string of the molecule is CN1CC=C(C2Nc3cc(Cl)ccc3Oc3ccc(Cl)cc32)CC1. The summed E-state index contributed by atoms with van der Waals surface area (Å²) in [6.07, 6.45) is 3.30. The first-order valence-corrected chi connectivity index (χ1v) is 8.76. The summed E-state index contributed by atoms with van der Waals surface area (Å²) in [5.74, 6) is 1.61. The Hall–Kier alpha value is -1.68. The van der Waals surface area contributed by atoms with E-state index in [1.807, 2.05) is 36.4 Å². The van der Waals surface area contributed by atoms with E-state index in [1.54, 1.807) is 0 Å². The van der Waals surface area contributed by atoms with E-state index < -0.39 is 0 Å². The number of nitrogens with one attached hydrogen (secondary N) is 1. The largest absolute Gasteiger partial charge is 0.455 e. The van der Waals surface area contributed by atoms with Crippen molar-refractivity contribution in [2.45, 2.75) is 12.5 Å². The van der Waals surface area contributed by atoms with Crippen LogP contribution in [-0.4, -0.2) is 25.0 Å². The molecule has 2 aliphatic rings. The fraction of sp³-hybridized carbons (Fsp3) is 0.263. The Morgan fingerprint density at radius 2 is 1.83 bits per heavy atom. The normalized spacial score (nSPS) is 20.1. The summed E-state index contributed by atoms with van der Waals surface area (Å²) in [6, 6.07) is 11.5. The molecule has 1 N–H and O–H groups in total. The summed E-state index contributed by atoms with van der Waals surface area (Å²) in [5.41, 5.74) is 3.32. The molecule has 2 aliphatic heterocycles. The summed E-state index contributed by atoms with van der Waals surface area (Å²) in [7, 11) is 2.14. The Morgan fingerprint density at radius 1 is 1.08 bits per heavy atom. The first-order valence-electron chi connectivity index (χ1n) is 8.01. The number of hydrogen-bond acceptors (Lipinski definition) is 3. The molecule has 1 atom stereocenters. The summed E-state index contributed by atoms with van der Waals surface area (Å²) >= 11 is 12.4. The number of hydrogen-bond donors (Lipinski definition) is 1. The van der Waals surface area contributed by atoms with E-state index in [-0.39, 0.29) is 6.04 Å². The molecule has 2 heterocycles. The average Bonchev–Trinajstić information content (AvgIpc) is 2.72. The molecule has 0 aromatic heterocycles. The van der Waals surface area contributed by atoms with Gasteiger partial charge in [-0.2, -0.15) is 0 Å². The molecule has 24 heavy (non-hydrogen) atoms. The van der Waals surface area contributed by atoms with Crippen LogP contribution in [0.3, 0.4) is 0 Å². The molecule has 0 saturated heterocycles. The average molecular weight is 361 g/mol. The highest BCUT2D eigenvalue weighted by molar-refractivity contribution is 6.31. The first kappa shape index (κ1) is 15.8. The van der Waals surface area contributed by atoms with E-state index in [0.29, 0.717) is 10.0 Å². The molecular formula is C19H18Cl2N2O. The number of nitrogens with zero attached hydrogens (tertiary/aromatic N) is 1. The van der Waals surface area contributed by atoms with Gasteiger partial charge in [-0.3, -0.25) is 0 Å². The van der Waals surface area contributed by atoms with Crippen LogP contribution in [0.1, 0.15) is 18.0 Å². The molecule has 0 amide bonds. The van der Waals surface area contributed by atoms with Crippen LogP contribution in [0, 0.1) is 0 Å². The molecule has 0 saturated carbocycles. The number of ether oxygens (including phenoxy) is 1. The Labute approximate surface area is 151 Å². The predicted octanol–water partition coefficient (Wildman–Crippen LogP) is 5.51. The van der Waals surface area contributed by atoms with Gasteiger partial charge in [-0.15, -0.1) is 0 Å². The highest BCUT2D eigenvalue weighted by Gasteiger charge is 2.27. The third-order valence-corrected chi connectivity index (χ3v) is 5.03. The van der Waals surface area contributed by atoms with Crippen LogP contribution in [0.5, 0.6) is 11.5 Å². The molecule has 4 rings (SSSR count). The standard InChI is InChI=1S/C19H18Cl2N2O/c1-23-8-6-12(7-9-23)19-15-10-13(20)2-4-17(15)24-18-5-3-14(21)11-16(18)22-19/h2-6,10-11,19,22H,7-9H2,1H3. The van der Waals surface area contributed by atoms with Crippen LogP contribution in [0.25, 0.3) is 0 Å². The molecule has 1 unspecified atom stereocenters. The van der Waals surface area contributed by atoms with Crippen LogP contribution in [0.4, 0.5) is 5.69 Å². The zero-order chi connectivity index (χ0) is 16.7. The Bertz CT molecular complexity index is 819. The minimum absolute atomic E-state index is 0.0344. The molecule has 3 nitrogen and oxygen atoms in total. The zero-order valence-corrected chi connectivity index (χ0v) is 14.9. The van der Waals surface area contributed by atoms with Gasteiger partial charge in [-0.25, -0.2) is 0 Å². The number of rotatable bonds is 1. The monoisotopic (exact) mass is 360 g/mol. The van der Waals surface area contributed by atoms with Gasteiger partial charge in [0.15, 0.2) is 5.75 Å². The smallest absolute Gasteiger partial charge is 0.150 e. The van der Waals surface area contributed by atoms with Gasteiger partial charge in [0.1, 0.15) is 5.75 Å². The Balaban J connectivity index is 1.83. The summed E-state index contributed by atoms with van der Waals surface area (Å²) in [6.45, 7) is 2.00. The number of halogens is 2. The molecule has 124 valence electrons. The number of fused-ring (bicyclic) bond motifs is 2. The van der Waals surface area contributed by atoms with Crippen LogP contribution in [-0.2, 0) is 0 Å². The summed E-state index contributed by atoms with van der Waals surface area (Å²) in [5, 5.41) is 5.01. The second-order valence-electron chi connectivity index (χ2n) is 6.29. The Kier molecular flexibility index (Phi) is 4.17. The van der Waals surface area contributed by atoms with E-state index in [9.17, 15) is 0 Å². The van der Waals surface area contributed by atoms with Gasteiger partial charge < -0.3 is 15.0 Å². The van der Waals surface area contributed by atoms with E-state index in [1.165, 1.54) is 5.57 Å². The van der Waals surface area contributed by atoms with E-state index >= 15 is 0 Å². The third-order valence-electron chi connectivity index (χ3n) is 4.56. The van der Waals surface area contributed by atoms with Crippen molar-refractivity contribution >= 4 is 28.9 Å².